The van der Waals surface area contributed by atoms with Crippen molar-refractivity contribution >= 4 is 34.8 Å². The van der Waals surface area contributed by atoms with Crippen LogP contribution in [-0.4, -0.2) is 25.0 Å². The van der Waals surface area contributed by atoms with Crippen molar-refractivity contribution < 1.29 is 9.47 Å². The fourth-order valence-corrected chi connectivity index (χ4v) is 1.61. The van der Waals surface area contributed by atoms with Crippen LogP contribution in [0.1, 0.15) is 12.8 Å². The fourth-order valence-electron chi connectivity index (χ4n) is 1.17. The number of benzene rings is 1. The summed E-state index contributed by atoms with van der Waals surface area (Å²) in [5, 5.41) is 0.544. The average Bonchev–Trinajstić information content (AvgIpc) is 2.32. The van der Waals surface area contributed by atoms with E-state index in [-0.39, 0.29) is 0 Å². The second-order valence-corrected chi connectivity index (χ2v) is 4.54. The predicted octanol–water partition coefficient (Wildman–Crippen LogP) is 4.36. The summed E-state index contributed by atoms with van der Waals surface area (Å²) in [6.45, 7) is 1.15. The zero-order chi connectivity index (χ0) is 12.5. The third-order valence-electron chi connectivity index (χ3n) is 1.99. The lowest BCUT2D eigenvalue weighted by Crippen LogP contribution is -2.00. The molecule has 1 aromatic rings. The largest absolute Gasteiger partial charge is 0.493 e. The minimum Gasteiger partial charge on any atom is -0.493 e. The van der Waals surface area contributed by atoms with Gasteiger partial charge in [0, 0.05) is 17.8 Å². The van der Waals surface area contributed by atoms with Crippen LogP contribution >= 0.6 is 34.8 Å². The van der Waals surface area contributed by atoms with E-state index in [1.165, 1.54) is 0 Å². The molecule has 0 amide bonds. The SMILES string of the molecule is ClCCCOc1ccc(OCCCCl)c(Cl)c1. The first-order valence-electron chi connectivity index (χ1n) is 5.45. The minimum absolute atomic E-state index is 0.544. The molecule has 5 heteroatoms. The van der Waals surface area contributed by atoms with Gasteiger partial charge in [0.2, 0.25) is 0 Å². The van der Waals surface area contributed by atoms with Gasteiger partial charge < -0.3 is 9.47 Å². The molecule has 0 aliphatic carbocycles. The summed E-state index contributed by atoms with van der Waals surface area (Å²) in [6, 6.07) is 5.37. The Morgan fingerprint density at radius 3 is 2.18 bits per heavy atom. The molecule has 96 valence electrons. The quantitative estimate of drug-likeness (QED) is 0.524. The smallest absolute Gasteiger partial charge is 0.138 e. The Morgan fingerprint density at radius 1 is 0.941 bits per heavy atom. The molecule has 1 aromatic carbocycles. The average molecular weight is 298 g/mol. The molecule has 1 rings (SSSR count). The van der Waals surface area contributed by atoms with Crippen LogP contribution in [0.4, 0.5) is 0 Å². The summed E-state index contributed by atoms with van der Waals surface area (Å²) in [6.07, 6.45) is 1.61. The van der Waals surface area contributed by atoms with E-state index in [9.17, 15) is 0 Å². The van der Waals surface area contributed by atoms with Gasteiger partial charge in [-0.15, -0.1) is 23.2 Å². The highest BCUT2D eigenvalue weighted by Crippen LogP contribution is 2.29. The molecule has 0 aliphatic heterocycles. The molecule has 0 saturated heterocycles. The van der Waals surface area contributed by atoms with Crippen molar-refractivity contribution in [2.45, 2.75) is 12.8 Å². The van der Waals surface area contributed by atoms with Gasteiger partial charge in [0.25, 0.3) is 0 Å². The molecule has 0 unspecified atom stereocenters. The van der Waals surface area contributed by atoms with Crippen molar-refractivity contribution in [1.29, 1.82) is 0 Å². The number of ether oxygens (including phenoxy) is 2. The maximum absolute atomic E-state index is 6.06. The van der Waals surface area contributed by atoms with Crippen molar-refractivity contribution in [1.82, 2.24) is 0 Å². The van der Waals surface area contributed by atoms with E-state index in [4.69, 9.17) is 44.3 Å². The number of rotatable bonds is 8. The number of hydrogen-bond acceptors (Lipinski definition) is 2. The normalized spacial score (nSPS) is 10.3. The first-order chi connectivity index (χ1) is 8.27. The summed E-state index contributed by atoms with van der Waals surface area (Å²) in [5.74, 6) is 2.55. The standard InChI is InChI=1S/C12H15Cl3O2/c13-5-1-7-16-10-3-4-12(11(15)9-10)17-8-2-6-14/h3-4,9H,1-2,5-8H2. The Labute approximate surface area is 117 Å². The summed E-state index contributed by atoms with van der Waals surface area (Å²) in [4.78, 5) is 0. The highest BCUT2D eigenvalue weighted by atomic mass is 35.5. The molecule has 0 fully saturated rings. The first kappa shape index (κ1) is 14.7. The Morgan fingerprint density at radius 2 is 1.59 bits per heavy atom. The van der Waals surface area contributed by atoms with Gasteiger partial charge in [0.1, 0.15) is 11.5 Å². The molecule has 0 radical (unpaired) electrons. The minimum atomic E-state index is 0.544. The summed E-state index contributed by atoms with van der Waals surface area (Å²) >= 11 is 17.2. The molecule has 0 aliphatic rings. The van der Waals surface area contributed by atoms with Gasteiger partial charge in [-0.3, -0.25) is 0 Å². The number of alkyl halides is 2. The molecule has 0 bridgehead atoms. The molecule has 0 N–H and O–H groups in total. The van der Waals surface area contributed by atoms with Crippen LogP contribution in [0.5, 0.6) is 11.5 Å². The van der Waals surface area contributed by atoms with Gasteiger partial charge in [-0.1, -0.05) is 11.6 Å². The van der Waals surface area contributed by atoms with Gasteiger partial charge in [0.05, 0.1) is 18.2 Å². The lowest BCUT2D eigenvalue weighted by molar-refractivity contribution is 0.309. The van der Waals surface area contributed by atoms with E-state index >= 15 is 0 Å². The maximum atomic E-state index is 6.06. The second kappa shape index (κ2) is 8.73. The van der Waals surface area contributed by atoms with Crippen LogP contribution in [0.25, 0.3) is 0 Å². The molecule has 0 atom stereocenters. The molecule has 0 spiro atoms. The van der Waals surface area contributed by atoms with E-state index < -0.39 is 0 Å². The summed E-state index contributed by atoms with van der Waals surface area (Å²) in [5.41, 5.74) is 0. The van der Waals surface area contributed by atoms with Gasteiger partial charge in [-0.2, -0.15) is 0 Å². The topological polar surface area (TPSA) is 18.5 Å². The van der Waals surface area contributed by atoms with Crippen molar-refractivity contribution in [3.05, 3.63) is 23.2 Å². The van der Waals surface area contributed by atoms with Crippen molar-refractivity contribution in [2.75, 3.05) is 25.0 Å². The Bertz CT molecular complexity index is 332. The van der Waals surface area contributed by atoms with Gasteiger partial charge in [-0.05, 0) is 25.0 Å². The maximum Gasteiger partial charge on any atom is 0.138 e. The molecular weight excluding hydrogens is 282 g/mol. The highest BCUT2D eigenvalue weighted by molar-refractivity contribution is 6.32. The third-order valence-corrected chi connectivity index (χ3v) is 2.82. The van der Waals surface area contributed by atoms with E-state index in [1.54, 1.807) is 12.1 Å². The van der Waals surface area contributed by atoms with E-state index in [0.29, 0.717) is 35.7 Å². The molecule has 17 heavy (non-hydrogen) atoms. The molecule has 0 aromatic heterocycles. The molecule has 0 heterocycles. The van der Waals surface area contributed by atoms with Crippen molar-refractivity contribution in [2.24, 2.45) is 0 Å². The van der Waals surface area contributed by atoms with Crippen LogP contribution < -0.4 is 9.47 Å². The summed E-state index contributed by atoms with van der Waals surface area (Å²) in [7, 11) is 0. The monoisotopic (exact) mass is 296 g/mol. The van der Waals surface area contributed by atoms with Crippen molar-refractivity contribution in [3.8, 4) is 11.5 Å². The van der Waals surface area contributed by atoms with E-state index in [0.717, 1.165) is 18.6 Å². The van der Waals surface area contributed by atoms with Crippen LogP contribution in [0.3, 0.4) is 0 Å². The van der Waals surface area contributed by atoms with Crippen LogP contribution in [-0.2, 0) is 0 Å². The first-order valence-corrected chi connectivity index (χ1v) is 6.89. The molecule has 0 saturated carbocycles. The predicted molar refractivity (Wildman–Crippen MR) is 73.1 cm³/mol. The van der Waals surface area contributed by atoms with E-state index in [2.05, 4.69) is 0 Å². The molecular formula is C12H15Cl3O2. The number of halogens is 3. The van der Waals surface area contributed by atoms with Crippen LogP contribution in [0.2, 0.25) is 5.02 Å². The Kier molecular flexibility index (Phi) is 7.58. The van der Waals surface area contributed by atoms with Crippen LogP contribution in [0.15, 0.2) is 18.2 Å². The zero-order valence-electron chi connectivity index (χ0n) is 9.43. The zero-order valence-corrected chi connectivity index (χ0v) is 11.7. The van der Waals surface area contributed by atoms with E-state index in [1.807, 2.05) is 6.07 Å². The van der Waals surface area contributed by atoms with Gasteiger partial charge >= 0.3 is 0 Å². The highest BCUT2D eigenvalue weighted by Gasteiger charge is 2.03. The summed E-state index contributed by atoms with van der Waals surface area (Å²) < 4.78 is 10.9. The second-order valence-electron chi connectivity index (χ2n) is 3.37. The lowest BCUT2D eigenvalue weighted by Gasteiger charge is -2.09. The molecule has 2 nitrogen and oxygen atoms in total. The number of hydrogen-bond donors (Lipinski definition) is 0. The van der Waals surface area contributed by atoms with Gasteiger partial charge in [0.15, 0.2) is 0 Å². The third kappa shape index (κ3) is 5.71. The fraction of sp³-hybridized carbons (Fsp3) is 0.500. The lowest BCUT2D eigenvalue weighted by atomic mass is 10.3. The van der Waals surface area contributed by atoms with Crippen LogP contribution in [0, 0.1) is 0 Å². The Balaban J connectivity index is 2.47. The van der Waals surface area contributed by atoms with Gasteiger partial charge in [-0.25, -0.2) is 0 Å². The van der Waals surface area contributed by atoms with Crippen molar-refractivity contribution in [3.63, 3.8) is 0 Å². The Hall–Kier alpha value is -0.310.